The molecule has 8 heteroatoms. The number of rotatable bonds is 4. The molecule has 0 bridgehead atoms. The van der Waals surface area contributed by atoms with Gasteiger partial charge in [0.2, 0.25) is 0 Å². The van der Waals surface area contributed by atoms with Gasteiger partial charge >= 0.3 is 10.3 Å². The van der Waals surface area contributed by atoms with Crippen LogP contribution in [0.1, 0.15) is 50.7 Å². The molecule has 6 nitrogen and oxygen atoms in total. The van der Waals surface area contributed by atoms with Gasteiger partial charge in [-0.1, -0.05) is 36.2 Å². The molecule has 1 aromatic rings. The Kier molecular flexibility index (Phi) is 5.20. The van der Waals surface area contributed by atoms with Crippen molar-refractivity contribution >= 4 is 21.9 Å². The van der Waals surface area contributed by atoms with Gasteiger partial charge in [0, 0.05) is 23.4 Å². The van der Waals surface area contributed by atoms with Crippen molar-refractivity contribution < 1.29 is 22.1 Å². The monoisotopic (exact) mass is 375 g/mol. The molecule has 3 atom stereocenters. The molecule has 1 aromatic carbocycles. The van der Waals surface area contributed by atoms with E-state index < -0.39 is 34.4 Å². The molecule has 0 aromatic heterocycles. The summed E-state index contributed by atoms with van der Waals surface area (Å²) in [6.07, 6.45) is 2.79. The summed E-state index contributed by atoms with van der Waals surface area (Å²) in [6.45, 7) is 1.62. The van der Waals surface area contributed by atoms with Gasteiger partial charge < -0.3 is 9.47 Å². The van der Waals surface area contributed by atoms with Gasteiger partial charge in [0.25, 0.3) is 0 Å². The molecule has 3 rings (SSSR count). The largest absolute Gasteiger partial charge is 0.341 e. The summed E-state index contributed by atoms with van der Waals surface area (Å²) >= 11 is 6.32. The highest BCUT2D eigenvalue weighted by atomic mass is 35.5. The maximum Gasteiger partial charge on any atom is 0.333 e. The number of nitrogens with two attached hydrogens (primary N) is 1. The first-order valence-electron chi connectivity index (χ1n) is 8.11. The Bertz CT molecular complexity index is 689. The van der Waals surface area contributed by atoms with Gasteiger partial charge in [-0.2, -0.15) is 8.42 Å². The van der Waals surface area contributed by atoms with E-state index in [-0.39, 0.29) is 0 Å². The van der Waals surface area contributed by atoms with E-state index >= 15 is 0 Å². The third-order valence-corrected chi connectivity index (χ3v) is 5.48. The minimum absolute atomic E-state index is 0.506. The lowest BCUT2D eigenvalue weighted by Gasteiger charge is -2.32. The molecule has 1 aliphatic carbocycles. The molecule has 1 saturated carbocycles. The van der Waals surface area contributed by atoms with Gasteiger partial charge in [0.05, 0.1) is 0 Å². The fraction of sp³-hybridized carbons (Fsp3) is 0.625. The second-order valence-corrected chi connectivity index (χ2v) is 7.99. The van der Waals surface area contributed by atoms with Crippen molar-refractivity contribution in [3.05, 3.63) is 34.9 Å². The zero-order chi connectivity index (χ0) is 17.4. The molecule has 0 radical (unpaired) electrons. The summed E-state index contributed by atoms with van der Waals surface area (Å²) in [5, 5.41) is 5.56. The first-order valence-corrected chi connectivity index (χ1v) is 9.96. The quantitative estimate of drug-likeness (QED) is 0.873. The van der Waals surface area contributed by atoms with Crippen molar-refractivity contribution in [2.24, 2.45) is 5.14 Å². The van der Waals surface area contributed by atoms with Crippen molar-refractivity contribution in [3.8, 4) is 0 Å². The topological polar surface area (TPSA) is 87.9 Å². The Hall–Kier alpha value is -0.700. The van der Waals surface area contributed by atoms with Gasteiger partial charge in [0.1, 0.15) is 18.3 Å². The van der Waals surface area contributed by atoms with Gasteiger partial charge in [-0.05, 0) is 25.8 Å². The summed E-state index contributed by atoms with van der Waals surface area (Å²) in [7, 11) is -4.09. The lowest BCUT2D eigenvalue weighted by molar-refractivity contribution is -0.199. The van der Waals surface area contributed by atoms with Crippen molar-refractivity contribution in [2.75, 3.05) is 0 Å². The van der Waals surface area contributed by atoms with Crippen molar-refractivity contribution in [2.45, 2.75) is 63.1 Å². The third-order valence-electron chi connectivity index (χ3n) is 4.57. The smallest absolute Gasteiger partial charge is 0.333 e. The van der Waals surface area contributed by atoms with Crippen LogP contribution >= 0.6 is 11.6 Å². The summed E-state index contributed by atoms with van der Waals surface area (Å²) < 4.78 is 40.0. The fourth-order valence-corrected chi connectivity index (χ4v) is 4.29. The Morgan fingerprint density at radius 1 is 1.25 bits per heavy atom. The Morgan fingerprint density at radius 2 is 1.92 bits per heavy atom. The Balaban J connectivity index is 1.91. The van der Waals surface area contributed by atoms with E-state index in [2.05, 4.69) is 0 Å². The molecule has 0 amide bonds. The van der Waals surface area contributed by atoms with Crippen molar-refractivity contribution in [3.63, 3.8) is 0 Å². The summed E-state index contributed by atoms with van der Waals surface area (Å²) in [5.74, 6) is -0.706. The normalized spacial score (nSPS) is 28.1. The Morgan fingerprint density at radius 3 is 2.54 bits per heavy atom. The highest BCUT2D eigenvalue weighted by Gasteiger charge is 2.51. The maximum absolute atomic E-state index is 11.3. The van der Waals surface area contributed by atoms with Gasteiger partial charge in [-0.3, -0.25) is 4.18 Å². The van der Waals surface area contributed by atoms with Crippen LogP contribution in [0.4, 0.5) is 0 Å². The molecule has 1 spiro atoms. The van der Waals surface area contributed by atoms with E-state index in [9.17, 15) is 8.42 Å². The third kappa shape index (κ3) is 3.92. The van der Waals surface area contributed by atoms with E-state index in [1.807, 2.05) is 18.2 Å². The molecule has 2 aliphatic rings. The van der Waals surface area contributed by atoms with Crippen LogP contribution in [0.3, 0.4) is 0 Å². The van der Waals surface area contributed by atoms with Gasteiger partial charge in [0.15, 0.2) is 5.79 Å². The van der Waals surface area contributed by atoms with Crippen LogP contribution in [0.25, 0.3) is 0 Å². The number of benzene rings is 1. The van der Waals surface area contributed by atoms with Crippen molar-refractivity contribution in [1.82, 2.24) is 0 Å². The number of halogens is 1. The van der Waals surface area contributed by atoms with E-state index in [1.165, 1.54) is 0 Å². The molecule has 2 fully saturated rings. The van der Waals surface area contributed by atoms with Crippen LogP contribution in [-0.4, -0.2) is 26.4 Å². The second kappa shape index (κ2) is 6.90. The van der Waals surface area contributed by atoms with Gasteiger partial charge in [-0.15, -0.1) is 0 Å². The summed E-state index contributed by atoms with van der Waals surface area (Å²) in [4.78, 5) is 0. The molecule has 134 valence electrons. The SMILES string of the molecule is CC(OS(N)(=O)=O)C1OC2(CCCCC2)OC1c1ccccc1Cl. The molecule has 1 saturated heterocycles. The first kappa shape index (κ1) is 18.1. The van der Waals surface area contributed by atoms with Crippen LogP contribution in [0.5, 0.6) is 0 Å². The molecule has 1 heterocycles. The minimum atomic E-state index is -4.09. The summed E-state index contributed by atoms with van der Waals surface area (Å²) in [5.41, 5.74) is 0.761. The average Bonchev–Trinajstić information content (AvgIpc) is 2.86. The highest BCUT2D eigenvalue weighted by molar-refractivity contribution is 7.84. The zero-order valence-corrected chi connectivity index (χ0v) is 15.1. The first-order chi connectivity index (χ1) is 11.3. The fourth-order valence-electron chi connectivity index (χ4n) is 3.52. The summed E-state index contributed by atoms with van der Waals surface area (Å²) in [6, 6.07) is 7.32. The Labute approximate surface area is 147 Å². The molecular weight excluding hydrogens is 354 g/mol. The van der Waals surface area contributed by atoms with Gasteiger partial charge in [-0.25, -0.2) is 5.14 Å². The van der Waals surface area contributed by atoms with Crippen LogP contribution in [0.15, 0.2) is 24.3 Å². The van der Waals surface area contributed by atoms with Crippen LogP contribution in [-0.2, 0) is 24.0 Å². The number of ether oxygens (including phenoxy) is 2. The standard InChI is InChI=1S/C16H22ClNO5S/c1-11(23-24(18,19)20)14-15(12-7-3-4-8-13(12)17)22-16(21-14)9-5-2-6-10-16/h3-4,7-8,11,14-15H,2,5-6,9-10H2,1H3,(H2,18,19,20). The van der Waals surface area contributed by atoms with Crippen LogP contribution in [0.2, 0.25) is 5.02 Å². The van der Waals surface area contributed by atoms with Crippen LogP contribution < -0.4 is 5.14 Å². The lowest BCUT2D eigenvalue weighted by Crippen LogP contribution is -2.37. The molecule has 2 N–H and O–H groups in total. The van der Waals surface area contributed by atoms with E-state index in [0.29, 0.717) is 5.02 Å². The predicted molar refractivity (Wildman–Crippen MR) is 89.6 cm³/mol. The number of hydrogen-bond acceptors (Lipinski definition) is 5. The number of hydrogen-bond donors (Lipinski definition) is 1. The zero-order valence-electron chi connectivity index (χ0n) is 13.5. The average molecular weight is 376 g/mol. The highest BCUT2D eigenvalue weighted by Crippen LogP contribution is 2.48. The molecule has 3 unspecified atom stereocenters. The maximum atomic E-state index is 11.3. The molecule has 1 aliphatic heterocycles. The molecular formula is C16H22ClNO5S. The van der Waals surface area contributed by atoms with E-state index in [0.717, 1.165) is 37.7 Å². The predicted octanol–water partition coefficient (Wildman–Crippen LogP) is 3.07. The molecule has 24 heavy (non-hydrogen) atoms. The second-order valence-electron chi connectivity index (χ2n) is 6.41. The van der Waals surface area contributed by atoms with E-state index in [4.69, 9.17) is 30.4 Å². The lowest BCUT2D eigenvalue weighted by atomic mass is 9.94. The van der Waals surface area contributed by atoms with Crippen LogP contribution in [0, 0.1) is 0 Å². The minimum Gasteiger partial charge on any atom is -0.341 e. The van der Waals surface area contributed by atoms with Crippen molar-refractivity contribution in [1.29, 1.82) is 0 Å². The van der Waals surface area contributed by atoms with E-state index in [1.54, 1.807) is 13.0 Å².